The number of carbonyl (C=O) groups excluding carboxylic acids is 2. The van der Waals surface area contributed by atoms with Crippen LogP contribution in [0.4, 0.5) is 26.3 Å². The molecule has 0 bridgehead atoms. The summed E-state index contributed by atoms with van der Waals surface area (Å²) in [5, 5.41) is 8.85. The van der Waals surface area contributed by atoms with Crippen molar-refractivity contribution in [3.05, 3.63) is 117 Å². The van der Waals surface area contributed by atoms with Crippen LogP contribution in [0.25, 0.3) is 11.5 Å². The van der Waals surface area contributed by atoms with E-state index in [2.05, 4.69) is 30.1 Å². The summed E-state index contributed by atoms with van der Waals surface area (Å²) in [4.78, 5) is 39.6. The van der Waals surface area contributed by atoms with E-state index in [1.165, 1.54) is 36.9 Å². The Morgan fingerprint density at radius 2 is 1.24 bits per heavy atom. The number of aromatic nitrogens is 6. The molecule has 10 nitrogen and oxygen atoms in total. The molecule has 288 valence electrons. The molecule has 55 heavy (non-hydrogen) atoms. The van der Waals surface area contributed by atoms with Gasteiger partial charge in [0.15, 0.2) is 5.78 Å². The van der Waals surface area contributed by atoms with Gasteiger partial charge < -0.3 is 9.73 Å². The van der Waals surface area contributed by atoms with Crippen LogP contribution in [0.3, 0.4) is 0 Å². The highest BCUT2D eigenvalue weighted by Gasteiger charge is 2.43. The second-order valence-electron chi connectivity index (χ2n) is 13.3. The molecule has 3 heterocycles. The number of nitrogens with zero attached hydrogens (tertiary/aromatic N) is 6. The fraction of sp³-hybridized carbons (Fsp3) is 0.351. The molecular formula is C37H31Cl2F6N7O3. The number of nitrogens with one attached hydrogen (secondary N) is 1. The maximum absolute atomic E-state index is 14.5. The molecule has 0 saturated heterocycles. The number of hydrogen-bond donors (Lipinski definition) is 1. The van der Waals surface area contributed by atoms with Gasteiger partial charge in [0, 0.05) is 48.5 Å². The number of halogens is 8. The van der Waals surface area contributed by atoms with Gasteiger partial charge in [0.2, 0.25) is 0 Å². The zero-order valence-electron chi connectivity index (χ0n) is 28.7. The lowest BCUT2D eigenvalue weighted by molar-refractivity contribution is -0.131. The van der Waals surface area contributed by atoms with Crippen molar-refractivity contribution in [3.8, 4) is 11.5 Å². The number of Topliss-reactive ketones (excluding diaryl/α,β-unsaturated/α-hetero) is 1. The molecule has 0 unspecified atom stereocenters. The van der Waals surface area contributed by atoms with Crippen molar-refractivity contribution in [1.29, 1.82) is 0 Å². The van der Waals surface area contributed by atoms with Crippen LogP contribution in [-0.2, 0) is 28.5 Å². The lowest BCUT2D eigenvalue weighted by atomic mass is 9.62. The van der Waals surface area contributed by atoms with Crippen molar-refractivity contribution >= 4 is 34.9 Å². The Bertz CT molecular complexity index is 2150. The van der Waals surface area contributed by atoms with Gasteiger partial charge in [0.05, 0.1) is 27.7 Å². The molecule has 2 fully saturated rings. The topological polar surface area (TPSA) is 137 Å². The van der Waals surface area contributed by atoms with Crippen LogP contribution < -0.4 is 5.32 Å². The van der Waals surface area contributed by atoms with Gasteiger partial charge >= 0.3 is 12.9 Å². The molecule has 7 rings (SSSR count). The Morgan fingerprint density at radius 1 is 0.745 bits per heavy atom. The molecular weight excluding hydrogens is 775 g/mol. The Balaban J connectivity index is 0.000000187. The lowest BCUT2D eigenvalue weighted by Gasteiger charge is -2.42. The molecule has 2 aromatic carbocycles. The molecule has 18 heteroatoms. The molecule has 2 aliphatic carbocycles. The van der Waals surface area contributed by atoms with Crippen molar-refractivity contribution < 1.29 is 40.3 Å². The van der Waals surface area contributed by atoms with Crippen LogP contribution >= 0.6 is 23.2 Å². The van der Waals surface area contributed by atoms with E-state index in [4.69, 9.17) is 27.6 Å². The van der Waals surface area contributed by atoms with Crippen molar-refractivity contribution in [2.24, 2.45) is 0 Å². The number of rotatable bonds is 12. The summed E-state index contributed by atoms with van der Waals surface area (Å²) < 4.78 is 83.3. The third-order valence-electron chi connectivity index (χ3n) is 9.89. The Labute approximate surface area is 320 Å². The minimum Gasteiger partial charge on any atom is -0.415 e. The normalized spacial score (nSPS) is 15.5. The minimum absolute atomic E-state index is 0.0662. The molecule has 0 spiro atoms. The van der Waals surface area contributed by atoms with E-state index in [0.29, 0.717) is 41.2 Å². The van der Waals surface area contributed by atoms with Gasteiger partial charge in [0.1, 0.15) is 23.3 Å². The number of benzene rings is 2. The molecule has 2 saturated carbocycles. The summed E-state index contributed by atoms with van der Waals surface area (Å²) >= 11 is 11.8. The molecule has 1 N–H and O–H groups in total. The largest absolute Gasteiger partial charge is 0.415 e. The van der Waals surface area contributed by atoms with Gasteiger partial charge in [-0.2, -0.15) is 17.6 Å². The fourth-order valence-corrected chi connectivity index (χ4v) is 7.00. The minimum atomic E-state index is -3.18. The van der Waals surface area contributed by atoms with Gasteiger partial charge in [0.25, 0.3) is 17.7 Å². The average molecular weight is 807 g/mol. The molecule has 0 atom stereocenters. The average Bonchev–Trinajstić information content (AvgIpc) is 3.65. The first-order valence-corrected chi connectivity index (χ1v) is 17.8. The number of hydrogen-bond acceptors (Lipinski definition) is 9. The first-order valence-electron chi connectivity index (χ1n) is 17.0. The van der Waals surface area contributed by atoms with Crippen LogP contribution in [0.1, 0.15) is 84.0 Å². The van der Waals surface area contributed by atoms with E-state index in [9.17, 15) is 35.9 Å². The highest BCUT2D eigenvalue weighted by Crippen LogP contribution is 2.48. The summed E-state index contributed by atoms with van der Waals surface area (Å²) in [6, 6.07) is 9.92. The SMILES string of the molecule is Fc1c(Cl)cccc1C1(Cc2ncc(-c3nnc(C(F)F)o3)cn2)CCC1.O=C(CNC(=O)C(F)F)c1cnc(CC2(c3cccc(Cl)c3F)CCC2)nc1. The fourth-order valence-electron chi connectivity index (χ4n) is 6.65. The van der Waals surface area contributed by atoms with Crippen molar-refractivity contribution in [1.82, 2.24) is 35.5 Å². The monoisotopic (exact) mass is 805 g/mol. The third-order valence-corrected chi connectivity index (χ3v) is 10.5. The van der Waals surface area contributed by atoms with E-state index < -0.39 is 54.0 Å². The van der Waals surface area contributed by atoms with Gasteiger partial charge in [-0.3, -0.25) is 9.59 Å². The maximum atomic E-state index is 14.5. The van der Waals surface area contributed by atoms with Gasteiger partial charge in [-0.05, 0) is 48.9 Å². The second-order valence-corrected chi connectivity index (χ2v) is 14.1. The van der Waals surface area contributed by atoms with Gasteiger partial charge in [-0.15, -0.1) is 10.2 Å². The summed E-state index contributed by atoms with van der Waals surface area (Å²) in [6.45, 7) is -0.566. The molecule has 5 aromatic rings. The summed E-state index contributed by atoms with van der Waals surface area (Å²) in [6.07, 6.45) is 5.37. The Morgan fingerprint density at radius 3 is 1.65 bits per heavy atom. The molecule has 0 aliphatic heterocycles. The van der Waals surface area contributed by atoms with E-state index in [1.807, 2.05) is 5.32 Å². The van der Waals surface area contributed by atoms with Crippen LogP contribution in [0.2, 0.25) is 10.0 Å². The second kappa shape index (κ2) is 16.8. The molecule has 3 aromatic heterocycles. The van der Waals surface area contributed by atoms with Crippen molar-refractivity contribution in [2.75, 3.05) is 6.54 Å². The van der Waals surface area contributed by atoms with Crippen molar-refractivity contribution in [3.63, 3.8) is 0 Å². The number of alkyl halides is 4. The first kappa shape index (κ1) is 39.7. The zero-order valence-corrected chi connectivity index (χ0v) is 30.2. The maximum Gasteiger partial charge on any atom is 0.315 e. The van der Waals surface area contributed by atoms with Crippen LogP contribution in [0.5, 0.6) is 0 Å². The Hall–Kier alpha value is -4.96. The summed E-state index contributed by atoms with van der Waals surface area (Å²) in [5.74, 6) is -2.80. The number of amides is 1. The van der Waals surface area contributed by atoms with Crippen LogP contribution in [0.15, 0.2) is 65.6 Å². The predicted octanol–water partition coefficient (Wildman–Crippen LogP) is 8.42. The number of carbonyl (C=O) groups is 2. The molecule has 2 aliphatic rings. The lowest BCUT2D eigenvalue weighted by Crippen LogP contribution is -2.38. The molecule has 0 radical (unpaired) electrons. The van der Waals surface area contributed by atoms with E-state index in [-0.39, 0.29) is 26.9 Å². The Kier molecular flexibility index (Phi) is 12.1. The van der Waals surface area contributed by atoms with E-state index in [1.54, 1.807) is 24.3 Å². The summed E-state index contributed by atoms with van der Waals surface area (Å²) in [5.41, 5.74) is 0.719. The van der Waals surface area contributed by atoms with Crippen LogP contribution in [-0.4, -0.2) is 54.8 Å². The standard InChI is InChI=1S/C19H17ClF3N3O2.C18H14ClF3N4O/c20-13-4-1-3-12(16(13)21)19(5-2-6-19)7-15-24-8-11(9-25-15)14(27)10-26-18(28)17(22)23;19-12-4-1-3-11(14(12)20)18(5-2-6-18)7-13-23-8-10(9-24-13)16-25-26-17(27-16)15(21)22/h1,3-4,8-9,17H,2,5-7,10H2,(H,26,28);1,3-4,8-9,15H,2,5-7H2. The summed E-state index contributed by atoms with van der Waals surface area (Å²) in [7, 11) is 0. The van der Waals surface area contributed by atoms with E-state index in [0.717, 1.165) is 38.5 Å². The third kappa shape index (κ3) is 8.80. The van der Waals surface area contributed by atoms with Crippen LogP contribution in [0, 0.1) is 11.6 Å². The highest BCUT2D eigenvalue weighted by molar-refractivity contribution is 6.31. The number of ketones is 1. The quantitative estimate of drug-likeness (QED) is 0.0974. The highest BCUT2D eigenvalue weighted by atomic mass is 35.5. The van der Waals surface area contributed by atoms with Gasteiger partial charge in [-0.1, -0.05) is 60.3 Å². The zero-order chi connectivity index (χ0) is 39.3. The molecule has 1 amide bonds. The smallest absolute Gasteiger partial charge is 0.315 e. The first-order chi connectivity index (χ1) is 26.3. The van der Waals surface area contributed by atoms with Crippen molar-refractivity contribution in [2.45, 2.75) is 75.0 Å². The predicted molar refractivity (Wildman–Crippen MR) is 187 cm³/mol. The van der Waals surface area contributed by atoms with E-state index >= 15 is 0 Å². The van der Waals surface area contributed by atoms with Gasteiger partial charge in [-0.25, -0.2) is 28.7 Å².